The van der Waals surface area contributed by atoms with E-state index < -0.39 is 18.0 Å². The van der Waals surface area contributed by atoms with E-state index in [1.54, 1.807) is 18.3 Å². The van der Waals surface area contributed by atoms with Crippen LogP contribution in [-0.4, -0.2) is 29.8 Å². The van der Waals surface area contributed by atoms with Gasteiger partial charge in [-0.3, -0.25) is 9.78 Å². The molecule has 2 aromatic rings. The first kappa shape index (κ1) is 21.5. The molecule has 0 aliphatic rings. The van der Waals surface area contributed by atoms with Crippen molar-refractivity contribution in [1.82, 2.24) is 4.98 Å². The first-order valence-corrected chi connectivity index (χ1v) is 6.95. The van der Waals surface area contributed by atoms with Crippen LogP contribution < -0.4 is 21.1 Å². The second kappa shape index (κ2) is 9.79. The van der Waals surface area contributed by atoms with Gasteiger partial charge in [0.1, 0.15) is 6.54 Å². The number of guanidine groups is 1. The minimum Gasteiger partial charge on any atom is -0.404 e. The largest absolute Gasteiger partial charge is 0.573 e. The number of ether oxygens (including phenoxy) is 1. The Hall–Kier alpha value is -2.57. The Bertz CT molecular complexity index is 756. The predicted molar refractivity (Wildman–Crippen MR) is 102 cm³/mol. The molecule has 7 nitrogen and oxygen atoms in total. The number of anilines is 2. The van der Waals surface area contributed by atoms with Crippen LogP contribution in [0.15, 0.2) is 53.8 Å². The fourth-order valence-electron chi connectivity index (χ4n) is 1.76. The number of carbonyl (C=O) groups excluding carboxylic acids is 1. The first-order valence-electron chi connectivity index (χ1n) is 6.95. The lowest BCUT2D eigenvalue weighted by Crippen LogP contribution is -2.26. The van der Waals surface area contributed by atoms with Crippen LogP contribution in [0.4, 0.5) is 24.5 Å². The third-order valence-electron chi connectivity index (χ3n) is 2.71. The van der Waals surface area contributed by atoms with Crippen LogP contribution in [0.2, 0.25) is 0 Å². The summed E-state index contributed by atoms with van der Waals surface area (Å²) < 4.78 is 40.9. The smallest absolute Gasteiger partial charge is 0.404 e. The second-order valence-electron chi connectivity index (χ2n) is 4.66. The number of nitrogens with one attached hydrogen (secondary N) is 2. The minimum absolute atomic E-state index is 0. The molecule has 1 aromatic carbocycles. The van der Waals surface area contributed by atoms with Crippen molar-refractivity contribution in [3.05, 3.63) is 48.8 Å². The fourth-order valence-corrected chi connectivity index (χ4v) is 1.76. The molecule has 0 radical (unpaired) electrons. The van der Waals surface area contributed by atoms with E-state index in [0.29, 0.717) is 5.69 Å². The molecule has 2 rings (SSSR count). The third-order valence-corrected chi connectivity index (χ3v) is 2.71. The molecule has 11 heteroatoms. The van der Waals surface area contributed by atoms with Crippen LogP contribution in [0.3, 0.4) is 0 Å². The SMILES string of the molecule is I.NC(=NCC(=O)Nc1cccnc1)Nc1ccccc1OC(F)(F)F. The zero-order valence-corrected chi connectivity index (χ0v) is 15.5. The molecule has 0 aliphatic heterocycles. The van der Waals surface area contributed by atoms with Gasteiger partial charge in [0.15, 0.2) is 11.7 Å². The van der Waals surface area contributed by atoms with Gasteiger partial charge in [0, 0.05) is 6.20 Å². The highest BCUT2D eigenvalue weighted by Crippen LogP contribution is 2.29. The maximum atomic E-state index is 12.4. The Balaban J connectivity index is 0.00000338. The van der Waals surface area contributed by atoms with Crippen LogP contribution in [0.1, 0.15) is 0 Å². The minimum atomic E-state index is -4.84. The number of nitrogens with two attached hydrogens (primary N) is 1. The number of halogens is 4. The highest BCUT2D eigenvalue weighted by atomic mass is 127. The van der Waals surface area contributed by atoms with Gasteiger partial charge < -0.3 is 21.1 Å². The van der Waals surface area contributed by atoms with Crippen LogP contribution >= 0.6 is 24.0 Å². The van der Waals surface area contributed by atoms with E-state index in [0.717, 1.165) is 6.07 Å². The van der Waals surface area contributed by atoms with Crippen LogP contribution in [-0.2, 0) is 4.79 Å². The third kappa shape index (κ3) is 7.55. The number of amides is 1. The van der Waals surface area contributed by atoms with Gasteiger partial charge in [0.2, 0.25) is 5.91 Å². The van der Waals surface area contributed by atoms with Crippen molar-refractivity contribution < 1.29 is 22.7 Å². The number of aliphatic imine (C=N–C) groups is 1. The Morgan fingerprint density at radius 2 is 1.92 bits per heavy atom. The quantitative estimate of drug-likeness (QED) is 0.347. The number of pyridine rings is 1. The van der Waals surface area contributed by atoms with Gasteiger partial charge in [-0.2, -0.15) is 0 Å². The Kier molecular flexibility index (Phi) is 8.09. The van der Waals surface area contributed by atoms with Crippen LogP contribution in [0.5, 0.6) is 5.75 Å². The summed E-state index contributed by atoms with van der Waals surface area (Å²) in [6.45, 7) is -0.323. The zero-order chi connectivity index (χ0) is 18.3. The van der Waals surface area contributed by atoms with Crippen molar-refractivity contribution >= 4 is 47.2 Å². The van der Waals surface area contributed by atoms with Crippen molar-refractivity contribution in [3.63, 3.8) is 0 Å². The summed E-state index contributed by atoms with van der Waals surface area (Å²) in [7, 11) is 0. The van der Waals surface area contributed by atoms with E-state index in [2.05, 4.69) is 25.3 Å². The molecular formula is C15H15F3IN5O2. The second-order valence-corrected chi connectivity index (χ2v) is 4.66. The van der Waals surface area contributed by atoms with Crippen molar-refractivity contribution in [2.45, 2.75) is 6.36 Å². The molecule has 0 saturated carbocycles. The van der Waals surface area contributed by atoms with E-state index in [4.69, 9.17) is 5.73 Å². The maximum absolute atomic E-state index is 12.4. The standard InChI is InChI=1S/C15H14F3N5O2.HI/c16-15(17,18)25-12-6-2-1-5-11(12)23-14(19)21-9-13(24)22-10-4-3-7-20-8-10;/h1-8H,9H2,(H,22,24)(H3,19,21,23);1H. The number of hydrogen-bond acceptors (Lipinski definition) is 4. The molecule has 1 heterocycles. The number of alkyl halides is 3. The molecule has 1 aromatic heterocycles. The van der Waals surface area contributed by atoms with Crippen molar-refractivity contribution in [2.75, 3.05) is 17.2 Å². The average Bonchev–Trinajstić information content (AvgIpc) is 2.54. The predicted octanol–water partition coefficient (Wildman–Crippen LogP) is 2.96. The molecule has 26 heavy (non-hydrogen) atoms. The topological polar surface area (TPSA) is 102 Å². The molecule has 0 fully saturated rings. The summed E-state index contributed by atoms with van der Waals surface area (Å²) in [5.41, 5.74) is 6.04. The number of rotatable bonds is 5. The molecule has 0 unspecified atom stereocenters. The van der Waals surface area contributed by atoms with Crippen molar-refractivity contribution in [1.29, 1.82) is 0 Å². The summed E-state index contributed by atoms with van der Waals surface area (Å²) in [4.78, 5) is 19.3. The van der Waals surface area contributed by atoms with E-state index in [9.17, 15) is 18.0 Å². The van der Waals surface area contributed by atoms with Crippen LogP contribution in [0.25, 0.3) is 0 Å². The van der Waals surface area contributed by atoms with E-state index >= 15 is 0 Å². The van der Waals surface area contributed by atoms with E-state index in [1.165, 1.54) is 24.4 Å². The van der Waals surface area contributed by atoms with Gasteiger partial charge in [0.25, 0.3) is 0 Å². The van der Waals surface area contributed by atoms with Gasteiger partial charge in [-0.15, -0.1) is 37.1 Å². The Morgan fingerprint density at radius 3 is 2.58 bits per heavy atom. The summed E-state index contributed by atoms with van der Waals surface area (Å²) in [5.74, 6) is -1.16. The van der Waals surface area contributed by atoms with Gasteiger partial charge in [0.05, 0.1) is 17.6 Å². The number of carbonyl (C=O) groups is 1. The number of benzene rings is 1. The van der Waals surface area contributed by atoms with Gasteiger partial charge in [-0.25, -0.2) is 4.99 Å². The zero-order valence-electron chi connectivity index (χ0n) is 13.2. The molecule has 0 bridgehead atoms. The lowest BCUT2D eigenvalue weighted by Gasteiger charge is -2.14. The highest BCUT2D eigenvalue weighted by Gasteiger charge is 2.32. The van der Waals surface area contributed by atoms with Crippen LogP contribution in [0, 0.1) is 0 Å². The molecular weight excluding hydrogens is 466 g/mol. The highest BCUT2D eigenvalue weighted by molar-refractivity contribution is 14.0. The number of hydrogen-bond donors (Lipinski definition) is 3. The summed E-state index contributed by atoms with van der Waals surface area (Å²) in [6.07, 6.45) is -1.84. The van der Waals surface area contributed by atoms with Gasteiger partial charge >= 0.3 is 6.36 Å². The van der Waals surface area contributed by atoms with E-state index in [1.807, 2.05) is 0 Å². The lowest BCUT2D eigenvalue weighted by molar-refractivity contribution is -0.274. The molecule has 0 aliphatic carbocycles. The number of para-hydroxylation sites is 2. The number of aromatic nitrogens is 1. The molecule has 140 valence electrons. The summed E-state index contributed by atoms with van der Waals surface area (Å²) >= 11 is 0. The molecule has 0 atom stereocenters. The molecule has 0 saturated heterocycles. The first-order chi connectivity index (χ1) is 11.8. The molecule has 1 amide bonds. The number of nitrogens with zero attached hydrogens (tertiary/aromatic N) is 2. The van der Waals surface area contributed by atoms with E-state index in [-0.39, 0.29) is 42.2 Å². The molecule has 4 N–H and O–H groups in total. The Morgan fingerprint density at radius 1 is 1.19 bits per heavy atom. The van der Waals surface area contributed by atoms with Crippen molar-refractivity contribution in [3.8, 4) is 5.75 Å². The fraction of sp³-hybridized carbons (Fsp3) is 0.133. The normalized spacial score (nSPS) is 11.3. The molecule has 0 spiro atoms. The monoisotopic (exact) mass is 481 g/mol. The van der Waals surface area contributed by atoms with Gasteiger partial charge in [-0.05, 0) is 24.3 Å². The average molecular weight is 481 g/mol. The summed E-state index contributed by atoms with van der Waals surface area (Å²) in [5, 5.41) is 5.00. The maximum Gasteiger partial charge on any atom is 0.573 e. The summed E-state index contributed by atoms with van der Waals surface area (Å²) in [6, 6.07) is 8.61. The Labute approximate surface area is 163 Å². The van der Waals surface area contributed by atoms with Crippen molar-refractivity contribution in [2.24, 2.45) is 10.7 Å². The lowest BCUT2D eigenvalue weighted by atomic mass is 10.3. The van der Waals surface area contributed by atoms with Gasteiger partial charge in [-0.1, -0.05) is 12.1 Å².